The highest BCUT2D eigenvalue weighted by Crippen LogP contribution is 2.25. The van der Waals surface area contributed by atoms with Crippen LogP contribution in [0.2, 0.25) is 0 Å². The molecule has 1 N–H and O–H groups in total. The van der Waals surface area contributed by atoms with Gasteiger partial charge in [-0.25, -0.2) is 4.98 Å². The number of hydrogen-bond donors (Lipinski definition) is 1. The molecule has 1 fully saturated rings. The van der Waals surface area contributed by atoms with Gasteiger partial charge in [0.1, 0.15) is 5.82 Å². The SMILES string of the molecule is CCN1CCN(c2cc(-c3ccccc3)nc(Nc3ccc(C#N)cc3)n2)CC1. The molecular formula is C23H24N6. The zero-order valence-electron chi connectivity index (χ0n) is 16.5. The molecule has 1 saturated heterocycles. The van der Waals surface area contributed by atoms with Crippen LogP contribution in [0.1, 0.15) is 12.5 Å². The van der Waals surface area contributed by atoms with Crippen LogP contribution in [0.25, 0.3) is 11.3 Å². The zero-order chi connectivity index (χ0) is 20.1. The summed E-state index contributed by atoms with van der Waals surface area (Å²) in [5.41, 5.74) is 3.44. The third-order valence-electron chi connectivity index (χ3n) is 5.20. The number of piperazine rings is 1. The van der Waals surface area contributed by atoms with Gasteiger partial charge < -0.3 is 15.1 Å². The van der Waals surface area contributed by atoms with E-state index in [2.05, 4.69) is 46.3 Å². The van der Waals surface area contributed by atoms with E-state index in [1.807, 2.05) is 30.3 Å². The molecule has 0 atom stereocenters. The molecule has 1 aliphatic rings. The van der Waals surface area contributed by atoms with Crippen LogP contribution in [0.15, 0.2) is 60.7 Å². The molecule has 2 heterocycles. The van der Waals surface area contributed by atoms with E-state index >= 15 is 0 Å². The molecule has 0 aliphatic carbocycles. The average Bonchev–Trinajstić information content (AvgIpc) is 2.80. The molecule has 4 rings (SSSR count). The zero-order valence-corrected chi connectivity index (χ0v) is 16.5. The number of aromatic nitrogens is 2. The quantitative estimate of drug-likeness (QED) is 0.720. The van der Waals surface area contributed by atoms with Crippen molar-refractivity contribution in [3.05, 3.63) is 66.2 Å². The molecule has 1 aromatic heterocycles. The van der Waals surface area contributed by atoms with E-state index in [9.17, 15) is 0 Å². The summed E-state index contributed by atoms with van der Waals surface area (Å²) in [5, 5.41) is 12.3. The number of benzene rings is 2. The summed E-state index contributed by atoms with van der Waals surface area (Å²) >= 11 is 0. The first-order valence-electron chi connectivity index (χ1n) is 9.94. The summed E-state index contributed by atoms with van der Waals surface area (Å²) < 4.78 is 0. The minimum absolute atomic E-state index is 0.559. The van der Waals surface area contributed by atoms with Crippen molar-refractivity contribution >= 4 is 17.5 Å². The van der Waals surface area contributed by atoms with Gasteiger partial charge in [0, 0.05) is 43.5 Å². The van der Waals surface area contributed by atoms with Crippen LogP contribution in [-0.2, 0) is 0 Å². The van der Waals surface area contributed by atoms with Gasteiger partial charge in [-0.05, 0) is 30.8 Å². The smallest absolute Gasteiger partial charge is 0.229 e. The van der Waals surface area contributed by atoms with E-state index in [4.69, 9.17) is 15.2 Å². The molecule has 0 bridgehead atoms. The monoisotopic (exact) mass is 384 g/mol. The summed E-state index contributed by atoms with van der Waals surface area (Å²) in [6.45, 7) is 7.27. The van der Waals surface area contributed by atoms with Crippen molar-refractivity contribution < 1.29 is 0 Å². The van der Waals surface area contributed by atoms with E-state index in [1.54, 1.807) is 12.1 Å². The molecule has 6 heteroatoms. The molecule has 1 aliphatic heterocycles. The first-order valence-corrected chi connectivity index (χ1v) is 9.94. The predicted octanol–water partition coefficient (Wildman–Crippen LogP) is 3.90. The van der Waals surface area contributed by atoms with Crippen molar-refractivity contribution in [2.24, 2.45) is 0 Å². The number of nitrogens with zero attached hydrogens (tertiary/aromatic N) is 5. The Morgan fingerprint density at radius 1 is 0.966 bits per heavy atom. The second-order valence-corrected chi connectivity index (χ2v) is 7.04. The largest absolute Gasteiger partial charge is 0.354 e. The highest BCUT2D eigenvalue weighted by molar-refractivity contribution is 5.66. The Morgan fingerprint density at radius 3 is 2.34 bits per heavy atom. The van der Waals surface area contributed by atoms with Crippen LogP contribution in [0.4, 0.5) is 17.5 Å². The van der Waals surface area contributed by atoms with Gasteiger partial charge in [-0.1, -0.05) is 37.3 Å². The maximum Gasteiger partial charge on any atom is 0.229 e. The highest BCUT2D eigenvalue weighted by Gasteiger charge is 2.18. The Balaban J connectivity index is 1.65. The van der Waals surface area contributed by atoms with Crippen LogP contribution in [0.5, 0.6) is 0 Å². The first kappa shape index (κ1) is 18.9. The van der Waals surface area contributed by atoms with Crippen molar-refractivity contribution in [1.82, 2.24) is 14.9 Å². The van der Waals surface area contributed by atoms with Crippen molar-refractivity contribution in [2.45, 2.75) is 6.92 Å². The van der Waals surface area contributed by atoms with Gasteiger partial charge in [0.2, 0.25) is 5.95 Å². The molecular weight excluding hydrogens is 360 g/mol. The van der Waals surface area contributed by atoms with Gasteiger partial charge in [-0.2, -0.15) is 10.2 Å². The molecule has 3 aromatic rings. The first-order chi connectivity index (χ1) is 14.2. The van der Waals surface area contributed by atoms with Crippen molar-refractivity contribution in [2.75, 3.05) is 42.9 Å². The maximum atomic E-state index is 8.99. The Bertz CT molecular complexity index is 986. The molecule has 0 spiro atoms. The van der Waals surface area contributed by atoms with Gasteiger partial charge in [-0.15, -0.1) is 0 Å². The van der Waals surface area contributed by atoms with E-state index in [1.165, 1.54) is 0 Å². The van der Waals surface area contributed by atoms with E-state index in [0.29, 0.717) is 11.5 Å². The number of rotatable bonds is 5. The third-order valence-corrected chi connectivity index (χ3v) is 5.20. The Kier molecular flexibility index (Phi) is 5.68. The molecule has 29 heavy (non-hydrogen) atoms. The number of likely N-dealkylation sites (N-methyl/N-ethyl adjacent to an activating group) is 1. The second kappa shape index (κ2) is 8.72. The Morgan fingerprint density at radius 2 is 1.69 bits per heavy atom. The highest BCUT2D eigenvalue weighted by atomic mass is 15.3. The standard InChI is InChI=1S/C23H24N6/c1-2-28-12-14-29(15-13-28)22-16-21(19-6-4-3-5-7-19)26-23(27-22)25-20-10-8-18(17-24)9-11-20/h3-11,16H,2,12-15H2,1H3,(H,25,26,27). The summed E-state index contributed by atoms with van der Waals surface area (Å²) in [5.74, 6) is 1.50. The lowest BCUT2D eigenvalue weighted by molar-refractivity contribution is 0.270. The number of nitriles is 1. The van der Waals surface area contributed by atoms with Crippen molar-refractivity contribution in [3.8, 4) is 17.3 Å². The minimum atomic E-state index is 0.559. The van der Waals surface area contributed by atoms with Crippen molar-refractivity contribution in [3.63, 3.8) is 0 Å². The fourth-order valence-corrected chi connectivity index (χ4v) is 3.46. The lowest BCUT2D eigenvalue weighted by Crippen LogP contribution is -2.46. The summed E-state index contributed by atoms with van der Waals surface area (Å²) in [6, 6.07) is 21.7. The van der Waals surface area contributed by atoms with E-state index in [0.717, 1.165) is 55.5 Å². The van der Waals surface area contributed by atoms with Crippen LogP contribution < -0.4 is 10.2 Å². The number of hydrogen-bond acceptors (Lipinski definition) is 6. The second-order valence-electron chi connectivity index (χ2n) is 7.04. The Hall–Kier alpha value is -3.43. The molecule has 0 radical (unpaired) electrons. The third kappa shape index (κ3) is 4.53. The normalized spacial score (nSPS) is 14.4. The lowest BCUT2D eigenvalue weighted by atomic mass is 10.1. The van der Waals surface area contributed by atoms with Crippen molar-refractivity contribution in [1.29, 1.82) is 5.26 Å². The summed E-state index contributed by atoms with van der Waals surface area (Å²) in [4.78, 5) is 14.3. The van der Waals surface area contributed by atoms with Crippen LogP contribution >= 0.6 is 0 Å². The minimum Gasteiger partial charge on any atom is -0.354 e. The summed E-state index contributed by atoms with van der Waals surface area (Å²) in [6.07, 6.45) is 0. The number of nitrogens with one attached hydrogen (secondary N) is 1. The van der Waals surface area contributed by atoms with E-state index in [-0.39, 0.29) is 0 Å². The van der Waals surface area contributed by atoms with Crippen LogP contribution in [0.3, 0.4) is 0 Å². The lowest BCUT2D eigenvalue weighted by Gasteiger charge is -2.35. The molecule has 0 unspecified atom stereocenters. The molecule has 0 amide bonds. The molecule has 6 nitrogen and oxygen atoms in total. The summed E-state index contributed by atoms with van der Waals surface area (Å²) in [7, 11) is 0. The number of anilines is 3. The van der Waals surface area contributed by atoms with Gasteiger partial charge in [-0.3, -0.25) is 0 Å². The fraction of sp³-hybridized carbons (Fsp3) is 0.261. The average molecular weight is 384 g/mol. The van der Waals surface area contributed by atoms with Gasteiger partial charge in [0.05, 0.1) is 17.3 Å². The molecule has 146 valence electrons. The van der Waals surface area contributed by atoms with Crippen LogP contribution in [-0.4, -0.2) is 47.6 Å². The van der Waals surface area contributed by atoms with Gasteiger partial charge in [0.25, 0.3) is 0 Å². The predicted molar refractivity (Wildman–Crippen MR) is 116 cm³/mol. The molecule has 0 saturated carbocycles. The molecule has 2 aromatic carbocycles. The van der Waals surface area contributed by atoms with E-state index < -0.39 is 0 Å². The fourth-order valence-electron chi connectivity index (χ4n) is 3.46. The van der Waals surface area contributed by atoms with Crippen LogP contribution in [0, 0.1) is 11.3 Å². The van der Waals surface area contributed by atoms with Gasteiger partial charge in [0.15, 0.2) is 0 Å². The topological polar surface area (TPSA) is 68.1 Å². The van der Waals surface area contributed by atoms with Gasteiger partial charge >= 0.3 is 0 Å². The maximum absolute atomic E-state index is 8.99. The Labute approximate surface area is 171 Å².